The van der Waals surface area contributed by atoms with Gasteiger partial charge >= 0.3 is 6.03 Å². The normalized spacial score (nSPS) is 15.5. The first-order chi connectivity index (χ1) is 15.7. The van der Waals surface area contributed by atoms with Gasteiger partial charge in [-0.2, -0.15) is 0 Å². The maximum atomic E-state index is 13.6. The van der Waals surface area contributed by atoms with Crippen LogP contribution in [-0.2, 0) is 11.2 Å². The summed E-state index contributed by atoms with van der Waals surface area (Å²) in [6, 6.07) is 7.53. The van der Waals surface area contributed by atoms with E-state index in [0.717, 1.165) is 18.4 Å². The molecule has 1 aliphatic rings. The third kappa shape index (κ3) is 6.93. The molecule has 1 aliphatic heterocycles. The molecule has 180 valence electrons. The highest BCUT2D eigenvalue weighted by molar-refractivity contribution is 7.10. The number of ether oxygens (including phenoxy) is 1. The van der Waals surface area contributed by atoms with Crippen LogP contribution in [0.5, 0.6) is 5.75 Å². The van der Waals surface area contributed by atoms with Gasteiger partial charge in [-0.1, -0.05) is 19.9 Å². The Bertz CT molecular complexity index is 946. The molecule has 3 rings (SSSR count). The largest absolute Gasteiger partial charge is 0.491 e. The number of carbonyl (C=O) groups excluding carboxylic acids is 2. The van der Waals surface area contributed by atoms with Gasteiger partial charge in [0.15, 0.2) is 0 Å². The molecule has 1 aromatic carbocycles. The maximum Gasteiger partial charge on any atom is 0.318 e. The number of amides is 3. The van der Waals surface area contributed by atoms with Crippen LogP contribution in [0.1, 0.15) is 50.6 Å². The van der Waals surface area contributed by atoms with Gasteiger partial charge in [-0.3, -0.25) is 4.79 Å². The van der Waals surface area contributed by atoms with Crippen LogP contribution in [0, 0.1) is 11.7 Å². The molecule has 0 aliphatic carbocycles. The van der Waals surface area contributed by atoms with Crippen LogP contribution in [-0.4, -0.2) is 54.0 Å². The summed E-state index contributed by atoms with van der Waals surface area (Å²) in [7, 11) is 0. The van der Waals surface area contributed by atoms with Crippen molar-refractivity contribution in [2.45, 2.75) is 52.6 Å². The number of nitrogens with one attached hydrogen (secondary N) is 1. The Balaban J connectivity index is 1.75. The van der Waals surface area contributed by atoms with Gasteiger partial charge < -0.3 is 19.9 Å². The summed E-state index contributed by atoms with van der Waals surface area (Å²) in [4.78, 5) is 30.8. The lowest BCUT2D eigenvalue weighted by Crippen LogP contribution is -2.51. The van der Waals surface area contributed by atoms with Crippen molar-refractivity contribution in [3.05, 3.63) is 52.0 Å². The first-order valence-electron chi connectivity index (χ1n) is 11.5. The standard InChI is InChI=1S/C25H34FN3O3S/c1-17(2)8-11-28(25(31)27-18(3)4)15-24(30)29-12-9-23-21(10-13-33-23)22(29)16-32-20-7-5-6-19(26)14-20/h5-7,10,13-14,17-18,22H,8-9,11-12,15-16H2,1-4H3,(H,27,31)/t22-/m1/s1. The lowest BCUT2D eigenvalue weighted by Gasteiger charge is -2.37. The molecule has 8 heteroatoms. The van der Waals surface area contributed by atoms with Gasteiger partial charge in [0.05, 0.1) is 6.04 Å². The minimum absolute atomic E-state index is 0.00933. The van der Waals surface area contributed by atoms with Crippen LogP contribution in [0.25, 0.3) is 0 Å². The summed E-state index contributed by atoms with van der Waals surface area (Å²) >= 11 is 1.68. The SMILES string of the molecule is CC(C)CCN(CC(=O)N1CCc2sccc2[C@H]1COc1cccc(F)c1)C(=O)NC(C)C. The van der Waals surface area contributed by atoms with Crippen molar-refractivity contribution >= 4 is 23.3 Å². The van der Waals surface area contributed by atoms with E-state index in [2.05, 4.69) is 19.2 Å². The van der Waals surface area contributed by atoms with Crippen LogP contribution >= 0.6 is 11.3 Å². The predicted octanol–water partition coefficient (Wildman–Crippen LogP) is 4.86. The van der Waals surface area contributed by atoms with E-state index in [-0.39, 0.29) is 43.0 Å². The number of halogens is 1. The van der Waals surface area contributed by atoms with Gasteiger partial charge in [0.2, 0.25) is 5.91 Å². The van der Waals surface area contributed by atoms with E-state index < -0.39 is 0 Å². The molecule has 2 heterocycles. The Hall–Kier alpha value is -2.61. The zero-order chi connectivity index (χ0) is 24.0. The lowest BCUT2D eigenvalue weighted by molar-refractivity contribution is -0.135. The second kappa shape index (κ2) is 11.5. The first-order valence-corrected chi connectivity index (χ1v) is 12.4. The summed E-state index contributed by atoms with van der Waals surface area (Å²) in [5.74, 6) is 0.379. The van der Waals surface area contributed by atoms with Crippen molar-refractivity contribution in [3.8, 4) is 5.75 Å². The molecule has 0 saturated heterocycles. The second-order valence-corrected chi connectivity index (χ2v) is 10.1. The van der Waals surface area contributed by atoms with Gasteiger partial charge in [-0.15, -0.1) is 11.3 Å². The highest BCUT2D eigenvalue weighted by Crippen LogP contribution is 2.34. The number of nitrogens with zero attached hydrogens (tertiary/aromatic N) is 2. The molecule has 0 saturated carbocycles. The van der Waals surface area contributed by atoms with Gasteiger partial charge in [-0.25, -0.2) is 9.18 Å². The molecule has 1 aromatic heterocycles. The Morgan fingerprint density at radius 1 is 1.27 bits per heavy atom. The minimum atomic E-state index is -0.364. The molecule has 6 nitrogen and oxygen atoms in total. The Morgan fingerprint density at radius 3 is 2.76 bits per heavy atom. The number of rotatable bonds is 9. The molecule has 0 bridgehead atoms. The van der Waals surface area contributed by atoms with Crippen LogP contribution in [0.4, 0.5) is 9.18 Å². The highest BCUT2D eigenvalue weighted by Gasteiger charge is 2.33. The molecule has 0 fully saturated rings. The van der Waals surface area contributed by atoms with Gasteiger partial charge in [0, 0.05) is 30.1 Å². The number of hydrogen-bond donors (Lipinski definition) is 1. The minimum Gasteiger partial charge on any atom is -0.491 e. The Labute approximate surface area is 199 Å². The summed E-state index contributed by atoms with van der Waals surface area (Å²) in [6.07, 6.45) is 1.60. The van der Waals surface area contributed by atoms with Crippen molar-refractivity contribution in [3.63, 3.8) is 0 Å². The third-order valence-electron chi connectivity index (χ3n) is 5.62. The van der Waals surface area contributed by atoms with Crippen molar-refractivity contribution in [1.29, 1.82) is 0 Å². The van der Waals surface area contributed by atoms with Crippen molar-refractivity contribution in [1.82, 2.24) is 15.1 Å². The van der Waals surface area contributed by atoms with Gasteiger partial charge in [0.1, 0.15) is 24.7 Å². The van der Waals surface area contributed by atoms with Crippen LogP contribution in [0.2, 0.25) is 0 Å². The van der Waals surface area contributed by atoms with E-state index in [1.165, 1.54) is 17.0 Å². The molecule has 3 amide bonds. The molecule has 0 spiro atoms. The van der Waals surface area contributed by atoms with E-state index in [1.54, 1.807) is 33.3 Å². The average molecular weight is 476 g/mol. The quantitative estimate of drug-likeness (QED) is 0.564. The summed E-state index contributed by atoms with van der Waals surface area (Å²) < 4.78 is 19.5. The topological polar surface area (TPSA) is 61.9 Å². The second-order valence-electron chi connectivity index (χ2n) is 9.13. The van der Waals surface area contributed by atoms with Crippen LogP contribution in [0.15, 0.2) is 35.7 Å². The molecular formula is C25H34FN3O3S. The van der Waals surface area contributed by atoms with Gasteiger partial charge in [-0.05, 0) is 61.7 Å². The molecule has 33 heavy (non-hydrogen) atoms. The van der Waals surface area contributed by atoms with E-state index in [0.29, 0.717) is 24.8 Å². The van der Waals surface area contributed by atoms with E-state index in [1.807, 2.05) is 25.3 Å². The molecule has 1 N–H and O–H groups in total. The van der Waals surface area contributed by atoms with Crippen molar-refractivity contribution in [2.75, 3.05) is 26.2 Å². The number of fused-ring (bicyclic) bond motifs is 1. The number of benzene rings is 1. The lowest BCUT2D eigenvalue weighted by atomic mass is 10.0. The Kier molecular flexibility index (Phi) is 8.72. The summed E-state index contributed by atoms with van der Waals surface area (Å²) in [5, 5.41) is 4.93. The first kappa shape index (κ1) is 25.0. The fraction of sp³-hybridized carbons (Fsp3) is 0.520. The maximum absolute atomic E-state index is 13.6. The van der Waals surface area contributed by atoms with Crippen molar-refractivity contribution < 1.29 is 18.7 Å². The fourth-order valence-electron chi connectivity index (χ4n) is 3.87. The fourth-order valence-corrected chi connectivity index (χ4v) is 4.79. The van der Waals surface area contributed by atoms with E-state index >= 15 is 0 Å². The molecular weight excluding hydrogens is 441 g/mol. The van der Waals surface area contributed by atoms with Crippen molar-refractivity contribution in [2.24, 2.45) is 5.92 Å². The third-order valence-corrected chi connectivity index (χ3v) is 6.62. The van der Waals surface area contributed by atoms with E-state index in [9.17, 15) is 14.0 Å². The summed E-state index contributed by atoms with van der Waals surface area (Å²) in [5.41, 5.74) is 1.07. The zero-order valence-electron chi connectivity index (χ0n) is 19.8. The molecule has 1 atom stereocenters. The average Bonchev–Trinajstić information content (AvgIpc) is 3.23. The number of thiophene rings is 1. The van der Waals surface area contributed by atoms with Crippen LogP contribution in [0.3, 0.4) is 0 Å². The van der Waals surface area contributed by atoms with E-state index in [4.69, 9.17) is 4.74 Å². The monoisotopic (exact) mass is 475 g/mol. The molecule has 2 aromatic rings. The summed E-state index contributed by atoms with van der Waals surface area (Å²) in [6.45, 7) is 9.33. The van der Waals surface area contributed by atoms with Crippen LogP contribution < -0.4 is 10.1 Å². The smallest absolute Gasteiger partial charge is 0.318 e. The number of carbonyl (C=O) groups is 2. The molecule has 0 unspecified atom stereocenters. The number of hydrogen-bond acceptors (Lipinski definition) is 4. The number of urea groups is 1. The van der Waals surface area contributed by atoms with Gasteiger partial charge in [0.25, 0.3) is 0 Å². The highest BCUT2D eigenvalue weighted by atomic mass is 32.1. The zero-order valence-corrected chi connectivity index (χ0v) is 20.7. The predicted molar refractivity (Wildman–Crippen MR) is 129 cm³/mol. The Morgan fingerprint density at radius 2 is 2.06 bits per heavy atom. The molecule has 0 radical (unpaired) electrons.